The van der Waals surface area contributed by atoms with Gasteiger partial charge in [0.05, 0.1) is 25.5 Å². The first-order valence-electron chi connectivity index (χ1n) is 12.7. The van der Waals surface area contributed by atoms with Gasteiger partial charge in [0.2, 0.25) is 11.9 Å². The van der Waals surface area contributed by atoms with Crippen molar-refractivity contribution in [2.75, 3.05) is 53.3 Å². The molecule has 40 heavy (non-hydrogen) atoms. The molecular weight excluding hydrogens is 513 g/mol. The molecule has 208 valence electrons. The number of benzene rings is 3. The highest BCUT2D eigenvalue weighted by Crippen LogP contribution is 2.27. The van der Waals surface area contributed by atoms with E-state index >= 15 is 0 Å². The van der Waals surface area contributed by atoms with Crippen LogP contribution in [0.25, 0.3) is 16.9 Å². The van der Waals surface area contributed by atoms with Gasteiger partial charge in [-0.1, -0.05) is 12.1 Å². The van der Waals surface area contributed by atoms with Crippen LogP contribution in [0.15, 0.2) is 79.0 Å². The monoisotopic (exact) mass is 545 g/mol. The molecule has 1 heterocycles. The summed E-state index contributed by atoms with van der Waals surface area (Å²) >= 11 is 0. The lowest BCUT2D eigenvalue weighted by molar-refractivity contribution is -0.117. The van der Waals surface area contributed by atoms with Crippen LogP contribution in [0.1, 0.15) is 10.4 Å². The zero-order valence-corrected chi connectivity index (χ0v) is 22.9. The van der Waals surface area contributed by atoms with Crippen LogP contribution in [0, 0.1) is 5.82 Å². The van der Waals surface area contributed by atoms with Crippen LogP contribution >= 0.6 is 0 Å². The normalized spacial score (nSPS) is 10.8. The van der Waals surface area contributed by atoms with Crippen molar-refractivity contribution in [1.82, 2.24) is 19.4 Å². The fourth-order valence-electron chi connectivity index (χ4n) is 4.02. The Labute approximate surface area is 232 Å². The van der Waals surface area contributed by atoms with Crippen LogP contribution in [0.2, 0.25) is 0 Å². The third-order valence-electron chi connectivity index (χ3n) is 6.24. The Bertz CT molecular complexity index is 1450. The van der Waals surface area contributed by atoms with Gasteiger partial charge in [0, 0.05) is 30.5 Å². The van der Waals surface area contributed by atoms with E-state index in [0.29, 0.717) is 23.7 Å². The maximum atomic E-state index is 14.4. The topological polar surface area (TPSA) is 88.9 Å². The number of imidazole rings is 1. The lowest BCUT2D eigenvalue weighted by Gasteiger charge is -2.24. The van der Waals surface area contributed by atoms with Gasteiger partial charge >= 0.3 is 0 Å². The SMILES string of the molecule is COc1ccc(-c2cn(-c3ccc(OC)cc3)c(NC(=O)CN(CCN(C)C)C(=O)c3ccccc3F)n2)cc1. The fraction of sp³-hybridized carbons (Fsp3) is 0.233. The maximum Gasteiger partial charge on any atom is 0.257 e. The van der Waals surface area contributed by atoms with Crippen LogP contribution < -0.4 is 14.8 Å². The summed E-state index contributed by atoms with van der Waals surface area (Å²) < 4.78 is 26.7. The van der Waals surface area contributed by atoms with Gasteiger partial charge < -0.3 is 19.3 Å². The summed E-state index contributed by atoms with van der Waals surface area (Å²) in [7, 11) is 6.90. The summed E-state index contributed by atoms with van der Waals surface area (Å²) in [6.45, 7) is 0.446. The summed E-state index contributed by atoms with van der Waals surface area (Å²) in [5.74, 6) is 0.00338. The van der Waals surface area contributed by atoms with E-state index in [1.807, 2.05) is 73.7 Å². The summed E-state index contributed by atoms with van der Waals surface area (Å²) in [4.78, 5) is 34.4. The molecule has 0 fully saturated rings. The predicted octanol–water partition coefficient (Wildman–Crippen LogP) is 4.34. The number of ether oxygens (including phenoxy) is 2. The summed E-state index contributed by atoms with van der Waals surface area (Å²) in [5.41, 5.74) is 2.11. The zero-order valence-electron chi connectivity index (χ0n) is 22.9. The second-order valence-corrected chi connectivity index (χ2v) is 9.30. The number of methoxy groups -OCH3 is 2. The lowest BCUT2D eigenvalue weighted by atomic mass is 10.1. The molecule has 0 spiro atoms. The molecule has 1 aromatic heterocycles. The summed E-state index contributed by atoms with van der Waals surface area (Å²) in [5, 5.41) is 2.85. The van der Waals surface area contributed by atoms with Gasteiger partial charge in [-0.25, -0.2) is 9.37 Å². The average Bonchev–Trinajstić information content (AvgIpc) is 3.38. The van der Waals surface area contributed by atoms with Gasteiger partial charge in [0.15, 0.2) is 0 Å². The molecule has 0 aliphatic heterocycles. The van der Waals surface area contributed by atoms with Crippen molar-refractivity contribution in [3.8, 4) is 28.4 Å². The third kappa shape index (κ3) is 6.83. The van der Waals surface area contributed by atoms with Gasteiger partial charge in [-0.15, -0.1) is 0 Å². The number of likely N-dealkylation sites (N-methyl/N-ethyl adjacent to an activating group) is 1. The second kappa shape index (κ2) is 12.9. The average molecular weight is 546 g/mol. The minimum atomic E-state index is -0.637. The van der Waals surface area contributed by atoms with Crippen molar-refractivity contribution in [3.05, 3.63) is 90.4 Å². The van der Waals surface area contributed by atoms with Crippen molar-refractivity contribution in [2.24, 2.45) is 0 Å². The minimum Gasteiger partial charge on any atom is -0.497 e. The highest BCUT2D eigenvalue weighted by molar-refractivity contribution is 5.99. The molecule has 0 aliphatic rings. The number of nitrogens with one attached hydrogen (secondary N) is 1. The molecule has 0 saturated heterocycles. The standard InChI is InChI=1S/C30H32FN5O4/c1-34(2)17-18-35(29(38)25-7-5-6-8-26(25)31)20-28(37)33-30-32-27(21-9-13-23(39-3)14-10-21)19-36(30)22-11-15-24(40-4)16-12-22/h5-16,19H,17-18,20H2,1-4H3,(H,32,33,37). The highest BCUT2D eigenvalue weighted by Gasteiger charge is 2.23. The molecule has 10 heteroatoms. The van der Waals surface area contributed by atoms with Crippen molar-refractivity contribution in [2.45, 2.75) is 0 Å². The molecule has 2 amide bonds. The number of nitrogens with zero attached hydrogens (tertiary/aromatic N) is 4. The van der Waals surface area contributed by atoms with Crippen LogP contribution in [-0.2, 0) is 4.79 Å². The number of halogens is 1. The quantitative estimate of drug-likeness (QED) is 0.302. The van der Waals surface area contributed by atoms with E-state index in [4.69, 9.17) is 9.47 Å². The van der Waals surface area contributed by atoms with Crippen LogP contribution in [-0.4, -0.2) is 79.1 Å². The van der Waals surface area contributed by atoms with Crippen molar-refractivity contribution in [1.29, 1.82) is 0 Å². The second-order valence-electron chi connectivity index (χ2n) is 9.30. The fourth-order valence-corrected chi connectivity index (χ4v) is 4.02. The summed E-state index contributed by atoms with van der Waals surface area (Å²) in [6, 6.07) is 20.5. The molecule has 0 aliphatic carbocycles. The smallest absolute Gasteiger partial charge is 0.257 e. The minimum absolute atomic E-state index is 0.0874. The first-order valence-corrected chi connectivity index (χ1v) is 12.7. The van der Waals surface area contributed by atoms with E-state index in [1.165, 1.54) is 23.1 Å². The van der Waals surface area contributed by atoms with E-state index in [-0.39, 0.29) is 24.6 Å². The van der Waals surface area contributed by atoms with Gasteiger partial charge in [-0.3, -0.25) is 19.5 Å². The van der Waals surface area contributed by atoms with Crippen LogP contribution in [0.3, 0.4) is 0 Å². The molecule has 0 saturated carbocycles. The number of amides is 2. The van der Waals surface area contributed by atoms with E-state index < -0.39 is 17.6 Å². The molecule has 4 aromatic rings. The molecule has 1 N–H and O–H groups in total. The Morgan fingerprint density at radius 1 is 0.900 bits per heavy atom. The van der Waals surface area contributed by atoms with Gasteiger partial charge in [0.1, 0.15) is 23.9 Å². The molecule has 0 radical (unpaired) electrons. The molecule has 3 aromatic carbocycles. The Hall–Kier alpha value is -4.70. The van der Waals surface area contributed by atoms with Crippen LogP contribution in [0.5, 0.6) is 11.5 Å². The number of carbonyl (C=O) groups is 2. The third-order valence-corrected chi connectivity index (χ3v) is 6.24. The highest BCUT2D eigenvalue weighted by atomic mass is 19.1. The largest absolute Gasteiger partial charge is 0.497 e. The number of hydrogen-bond acceptors (Lipinski definition) is 6. The Morgan fingerprint density at radius 3 is 2.12 bits per heavy atom. The Kier molecular flexibility index (Phi) is 9.13. The van der Waals surface area contributed by atoms with Crippen molar-refractivity contribution >= 4 is 17.8 Å². The van der Waals surface area contributed by atoms with E-state index in [0.717, 1.165) is 11.3 Å². The zero-order chi connectivity index (χ0) is 28.6. The number of aromatic nitrogens is 2. The van der Waals surface area contributed by atoms with E-state index in [9.17, 15) is 14.0 Å². The first-order chi connectivity index (χ1) is 19.3. The first kappa shape index (κ1) is 28.3. The summed E-state index contributed by atoms with van der Waals surface area (Å²) in [6.07, 6.45) is 1.81. The van der Waals surface area contributed by atoms with E-state index in [1.54, 1.807) is 24.9 Å². The van der Waals surface area contributed by atoms with Gasteiger partial charge in [0.25, 0.3) is 5.91 Å². The molecule has 0 unspecified atom stereocenters. The molecule has 0 bridgehead atoms. The maximum absolute atomic E-state index is 14.4. The lowest BCUT2D eigenvalue weighted by Crippen LogP contribution is -2.42. The predicted molar refractivity (Wildman–Crippen MR) is 152 cm³/mol. The van der Waals surface area contributed by atoms with Gasteiger partial charge in [-0.2, -0.15) is 0 Å². The Balaban J connectivity index is 1.63. The molecule has 0 atom stereocenters. The number of carbonyl (C=O) groups excluding carboxylic acids is 2. The molecular formula is C30H32FN5O4. The van der Waals surface area contributed by atoms with Crippen LogP contribution in [0.4, 0.5) is 10.3 Å². The van der Waals surface area contributed by atoms with Gasteiger partial charge in [-0.05, 0) is 74.8 Å². The number of hydrogen-bond donors (Lipinski definition) is 1. The number of anilines is 1. The molecule has 4 rings (SSSR count). The van der Waals surface area contributed by atoms with E-state index in [2.05, 4.69) is 10.3 Å². The van der Waals surface area contributed by atoms with Crippen molar-refractivity contribution in [3.63, 3.8) is 0 Å². The molecule has 9 nitrogen and oxygen atoms in total. The Morgan fingerprint density at radius 2 is 1.52 bits per heavy atom. The number of rotatable bonds is 11. The van der Waals surface area contributed by atoms with Crippen molar-refractivity contribution < 1.29 is 23.5 Å².